The number of benzene rings is 1. The Hall–Kier alpha value is -2.50. The van der Waals surface area contributed by atoms with Crippen LogP contribution in [-0.4, -0.2) is 40.4 Å². The average molecular weight is 344 g/mol. The molecule has 0 fully saturated rings. The number of nitrogens with one attached hydrogen (secondary N) is 1. The summed E-state index contributed by atoms with van der Waals surface area (Å²) in [6.07, 6.45) is 4.15. The number of carbonyl (C=O) groups is 1. The van der Waals surface area contributed by atoms with E-state index in [9.17, 15) is 9.18 Å². The molecule has 5 nitrogen and oxygen atoms in total. The number of carbonyl (C=O) groups excluding carboxylic acids is 1. The number of anilines is 1. The minimum atomic E-state index is -0.241. The lowest BCUT2D eigenvalue weighted by atomic mass is 10.1. The van der Waals surface area contributed by atoms with Gasteiger partial charge in [-0.15, -0.1) is 0 Å². The monoisotopic (exact) mass is 344 g/mol. The molecule has 6 heteroatoms. The van der Waals surface area contributed by atoms with Gasteiger partial charge < -0.3 is 10.2 Å². The van der Waals surface area contributed by atoms with E-state index in [-0.39, 0.29) is 11.7 Å². The van der Waals surface area contributed by atoms with Gasteiger partial charge in [-0.3, -0.25) is 4.79 Å². The van der Waals surface area contributed by atoms with Gasteiger partial charge >= 0.3 is 0 Å². The summed E-state index contributed by atoms with van der Waals surface area (Å²) in [6.45, 7) is 6.17. The van der Waals surface area contributed by atoms with Gasteiger partial charge in [-0.2, -0.15) is 0 Å². The lowest BCUT2D eigenvalue weighted by Gasteiger charge is -2.21. The fourth-order valence-electron chi connectivity index (χ4n) is 2.55. The van der Waals surface area contributed by atoms with Crippen molar-refractivity contribution in [3.05, 3.63) is 53.6 Å². The summed E-state index contributed by atoms with van der Waals surface area (Å²) in [4.78, 5) is 22.9. The van der Waals surface area contributed by atoms with E-state index >= 15 is 0 Å². The molecule has 2 aromatic rings. The third-order valence-corrected chi connectivity index (χ3v) is 3.76. The zero-order valence-corrected chi connectivity index (χ0v) is 14.8. The van der Waals surface area contributed by atoms with Crippen LogP contribution >= 0.6 is 0 Å². The molecule has 0 unspecified atom stereocenters. The second-order valence-electron chi connectivity index (χ2n) is 5.86. The summed E-state index contributed by atoms with van der Waals surface area (Å²) < 4.78 is 12.9. The molecule has 0 bridgehead atoms. The van der Waals surface area contributed by atoms with Crippen LogP contribution in [0, 0.1) is 5.82 Å². The normalized spacial score (nSPS) is 10.5. The third kappa shape index (κ3) is 5.81. The lowest BCUT2D eigenvalue weighted by Crippen LogP contribution is -2.33. The third-order valence-electron chi connectivity index (χ3n) is 3.76. The van der Waals surface area contributed by atoms with Crippen molar-refractivity contribution in [2.24, 2.45) is 0 Å². The van der Waals surface area contributed by atoms with Crippen LogP contribution in [0.15, 0.2) is 36.5 Å². The molecule has 0 radical (unpaired) electrons. The summed E-state index contributed by atoms with van der Waals surface area (Å²) in [6, 6.07) is 8.05. The first-order valence-corrected chi connectivity index (χ1v) is 8.74. The Balaban J connectivity index is 1.95. The van der Waals surface area contributed by atoms with Crippen molar-refractivity contribution in [1.29, 1.82) is 0 Å². The number of aromatic nitrogens is 2. The second kappa shape index (κ2) is 9.71. The molecule has 1 amide bonds. The summed E-state index contributed by atoms with van der Waals surface area (Å²) in [5.74, 6) is 0.128. The van der Waals surface area contributed by atoms with Gasteiger partial charge in [0.2, 0.25) is 5.95 Å². The van der Waals surface area contributed by atoms with E-state index in [2.05, 4.69) is 29.1 Å². The lowest BCUT2D eigenvalue weighted by molar-refractivity contribution is 0.0749. The SMILES string of the molecule is CCCN(CCC)C(=O)c1ccnc(NCCc2ccc(F)cc2)n1. The van der Waals surface area contributed by atoms with Crippen LogP contribution < -0.4 is 5.32 Å². The highest BCUT2D eigenvalue weighted by Crippen LogP contribution is 2.08. The highest BCUT2D eigenvalue weighted by Gasteiger charge is 2.16. The van der Waals surface area contributed by atoms with Crippen LogP contribution in [0.1, 0.15) is 42.7 Å². The van der Waals surface area contributed by atoms with Gasteiger partial charge in [0.25, 0.3) is 5.91 Å². The Morgan fingerprint density at radius 2 is 1.80 bits per heavy atom. The highest BCUT2D eigenvalue weighted by molar-refractivity contribution is 5.92. The maximum atomic E-state index is 12.9. The summed E-state index contributed by atoms with van der Waals surface area (Å²) in [7, 11) is 0. The van der Waals surface area contributed by atoms with E-state index in [4.69, 9.17) is 0 Å². The van der Waals surface area contributed by atoms with Crippen molar-refractivity contribution in [2.45, 2.75) is 33.1 Å². The van der Waals surface area contributed by atoms with E-state index in [1.165, 1.54) is 12.1 Å². The van der Waals surface area contributed by atoms with E-state index in [1.807, 2.05) is 4.90 Å². The first-order valence-electron chi connectivity index (χ1n) is 8.74. The molecule has 1 heterocycles. The van der Waals surface area contributed by atoms with E-state index in [1.54, 1.807) is 24.4 Å². The van der Waals surface area contributed by atoms with Crippen molar-refractivity contribution in [3.8, 4) is 0 Å². The summed E-state index contributed by atoms with van der Waals surface area (Å²) in [5.41, 5.74) is 1.43. The van der Waals surface area contributed by atoms with Gasteiger partial charge in [0.1, 0.15) is 11.5 Å². The van der Waals surface area contributed by atoms with Crippen LogP contribution in [0.25, 0.3) is 0 Å². The van der Waals surface area contributed by atoms with E-state index < -0.39 is 0 Å². The largest absolute Gasteiger partial charge is 0.354 e. The van der Waals surface area contributed by atoms with Gasteiger partial charge in [0.05, 0.1) is 0 Å². The smallest absolute Gasteiger partial charge is 0.272 e. The van der Waals surface area contributed by atoms with Crippen molar-refractivity contribution in [3.63, 3.8) is 0 Å². The zero-order chi connectivity index (χ0) is 18.1. The van der Waals surface area contributed by atoms with Crippen molar-refractivity contribution in [1.82, 2.24) is 14.9 Å². The molecule has 0 aliphatic carbocycles. The van der Waals surface area contributed by atoms with E-state index in [0.717, 1.165) is 37.9 Å². The number of hydrogen-bond donors (Lipinski definition) is 1. The number of hydrogen-bond acceptors (Lipinski definition) is 4. The van der Waals surface area contributed by atoms with Crippen LogP contribution in [0.2, 0.25) is 0 Å². The molecule has 2 rings (SSSR count). The molecule has 0 spiro atoms. The molecule has 1 aromatic heterocycles. The minimum Gasteiger partial charge on any atom is -0.354 e. The van der Waals surface area contributed by atoms with Gasteiger partial charge in [-0.1, -0.05) is 26.0 Å². The number of rotatable bonds is 9. The molecule has 1 N–H and O–H groups in total. The molecule has 0 saturated heterocycles. The molecule has 0 aliphatic heterocycles. The Morgan fingerprint density at radius 1 is 1.12 bits per heavy atom. The Kier molecular flexibility index (Phi) is 7.32. The predicted molar refractivity (Wildman–Crippen MR) is 97.1 cm³/mol. The van der Waals surface area contributed by atoms with Crippen molar-refractivity contribution < 1.29 is 9.18 Å². The van der Waals surface area contributed by atoms with Crippen LogP contribution in [0.5, 0.6) is 0 Å². The molecule has 0 aliphatic rings. The average Bonchev–Trinajstić information content (AvgIpc) is 2.63. The molecule has 1 aromatic carbocycles. The van der Waals surface area contributed by atoms with Gasteiger partial charge in [0.15, 0.2) is 0 Å². The fourth-order valence-corrected chi connectivity index (χ4v) is 2.55. The topological polar surface area (TPSA) is 58.1 Å². The first-order chi connectivity index (χ1) is 12.1. The highest BCUT2D eigenvalue weighted by atomic mass is 19.1. The van der Waals surface area contributed by atoms with Crippen LogP contribution in [0.3, 0.4) is 0 Å². The molecule has 134 valence electrons. The minimum absolute atomic E-state index is 0.0623. The van der Waals surface area contributed by atoms with Gasteiger partial charge in [0, 0.05) is 25.8 Å². The number of nitrogens with zero attached hydrogens (tertiary/aromatic N) is 3. The molecule has 25 heavy (non-hydrogen) atoms. The van der Waals surface area contributed by atoms with Crippen LogP contribution in [0.4, 0.5) is 10.3 Å². The first kappa shape index (κ1) is 18.8. The maximum absolute atomic E-state index is 12.9. The number of amides is 1. The van der Waals surface area contributed by atoms with Crippen LogP contribution in [-0.2, 0) is 6.42 Å². The number of halogens is 1. The second-order valence-corrected chi connectivity index (χ2v) is 5.86. The van der Waals surface area contributed by atoms with Gasteiger partial charge in [-0.05, 0) is 43.0 Å². The van der Waals surface area contributed by atoms with E-state index in [0.29, 0.717) is 18.2 Å². The van der Waals surface area contributed by atoms with Gasteiger partial charge in [-0.25, -0.2) is 14.4 Å². The molecular weight excluding hydrogens is 319 g/mol. The zero-order valence-electron chi connectivity index (χ0n) is 14.8. The summed E-state index contributed by atoms with van der Waals surface area (Å²) >= 11 is 0. The Morgan fingerprint density at radius 3 is 2.44 bits per heavy atom. The maximum Gasteiger partial charge on any atom is 0.272 e. The Labute approximate surface area is 148 Å². The molecular formula is C19H25FN4O. The summed E-state index contributed by atoms with van der Waals surface area (Å²) in [5, 5.41) is 3.12. The standard InChI is InChI=1S/C19H25FN4O/c1-3-13-24(14-4-2)18(25)17-10-12-22-19(23-17)21-11-9-15-5-7-16(20)8-6-15/h5-8,10,12H,3-4,9,11,13-14H2,1-2H3,(H,21,22,23). The predicted octanol–water partition coefficient (Wildman–Crippen LogP) is 3.53. The fraction of sp³-hybridized carbons (Fsp3) is 0.421. The van der Waals surface area contributed by atoms with Crippen molar-refractivity contribution >= 4 is 11.9 Å². The quantitative estimate of drug-likeness (QED) is 0.756. The molecule has 0 saturated carbocycles. The van der Waals surface area contributed by atoms with Crippen molar-refractivity contribution in [2.75, 3.05) is 25.0 Å². The molecule has 0 atom stereocenters. The Bertz CT molecular complexity index is 669.